The van der Waals surface area contributed by atoms with Crippen molar-refractivity contribution < 1.29 is 0 Å². The van der Waals surface area contributed by atoms with Crippen LogP contribution >= 0.6 is 11.3 Å². The molecule has 0 amide bonds. The van der Waals surface area contributed by atoms with Gasteiger partial charge in [0.1, 0.15) is 5.01 Å². The minimum absolute atomic E-state index is 0.816. The maximum Gasteiger partial charge on any atom is 0.124 e. The van der Waals surface area contributed by atoms with Gasteiger partial charge in [-0.2, -0.15) is 0 Å². The number of hydrogen-bond acceptors (Lipinski definition) is 3. The third kappa shape index (κ3) is 2.83. The number of nitrogen functional groups attached to an aromatic ring is 1. The van der Waals surface area contributed by atoms with Crippen LogP contribution in [-0.4, -0.2) is 4.98 Å². The van der Waals surface area contributed by atoms with Gasteiger partial charge in [0, 0.05) is 22.2 Å². The monoisotopic (exact) mass is 294 g/mol. The number of rotatable bonds is 3. The summed E-state index contributed by atoms with van der Waals surface area (Å²) >= 11 is 1.66. The number of nitrogens with two attached hydrogens (primary N) is 1. The summed E-state index contributed by atoms with van der Waals surface area (Å²) in [6.45, 7) is 4.18. The van der Waals surface area contributed by atoms with E-state index >= 15 is 0 Å². The number of anilines is 1. The Morgan fingerprint density at radius 3 is 2.43 bits per heavy atom. The maximum absolute atomic E-state index is 5.98. The molecule has 0 bridgehead atoms. The van der Waals surface area contributed by atoms with Crippen LogP contribution in [0.3, 0.4) is 0 Å². The van der Waals surface area contributed by atoms with Gasteiger partial charge in [-0.15, -0.1) is 11.3 Å². The number of aryl methyl sites for hydroxylation is 2. The third-order valence-corrected chi connectivity index (χ3v) is 4.58. The second-order valence-corrected chi connectivity index (χ2v) is 6.02. The number of nitrogens with zero attached hydrogens (tertiary/aromatic N) is 1. The lowest BCUT2D eigenvalue weighted by molar-refractivity contribution is 1.14. The number of hydrogen-bond donors (Lipinski definition) is 1. The summed E-state index contributed by atoms with van der Waals surface area (Å²) < 4.78 is 0. The first kappa shape index (κ1) is 13.8. The van der Waals surface area contributed by atoms with E-state index in [1.165, 1.54) is 5.56 Å². The van der Waals surface area contributed by atoms with Crippen LogP contribution in [0.2, 0.25) is 0 Å². The molecule has 0 unspecified atom stereocenters. The standard InChI is InChI=1S/C18H18N2S/c1-3-13-5-8-14(9-6-13)17-11-21-18(20-17)15-7-4-12(2)16(19)10-15/h4-11H,3,19H2,1-2H3. The summed E-state index contributed by atoms with van der Waals surface area (Å²) in [5.74, 6) is 0. The second-order valence-electron chi connectivity index (χ2n) is 5.16. The van der Waals surface area contributed by atoms with Crippen LogP contribution < -0.4 is 5.73 Å². The molecular weight excluding hydrogens is 276 g/mol. The Labute approximate surface area is 129 Å². The molecule has 0 aliphatic rings. The zero-order chi connectivity index (χ0) is 14.8. The van der Waals surface area contributed by atoms with Crippen molar-refractivity contribution in [3.63, 3.8) is 0 Å². The van der Waals surface area contributed by atoms with E-state index < -0.39 is 0 Å². The van der Waals surface area contributed by atoms with E-state index in [1.54, 1.807) is 11.3 Å². The quantitative estimate of drug-likeness (QED) is 0.696. The smallest absolute Gasteiger partial charge is 0.124 e. The summed E-state index contributed by atoms with van der Waals surface area (Å²) in [6, 6.07) is 14.7. The molecule has 2 N–H and O–H groups in total. The Bertz CT molecular complexity index is 757. The van der Waals surface area contributed by atoms with Gasteiger partial charge in [-0.1, -0.05) is 43.3 Å². The molecular formula is C18H18N2S. The zero-order valence-corrected chi connectivity index (χ0v) is 13.1. The minimum Gasteiger partial charge on any atom is -0.398 e. The van der Waals surface area contributed by atoms with Crippen molar-refractivity contribution in [1.29, 1.82) is 0 Å². The highest BCUT2D eigenvalue weighted by Gasteiger charge is 2.07. The molecule has 0 saturated heterocycles. The third-order valence-electron chi connectivity index (χ3n) is 3.69. The lowest BCUT2D eigenvalue weighted by atomic mass is 10.1. The SMILES string of the molecule is CCc1ccc(-c2csc(-c3ccc(C)c(N)c3)n2)cc1. The van der Waals surface area contributed by atoms with Gasteiger partial charge in [-0.3, -0.25) is 0 Å². The van der Waals surface area contributed by atoms with Gasteiger partial charge in [0.05, 0.1) is 5.69 Å². The normalized spacial score (nSPS) is 10.8. The summed E-state index contributed by atoms with van der Waals surface area (Å²) in [7, 11) is 0. The molecule has 0 fully saturated rings. The molecule has 1 heterocycles. The fraction of sp³-hybridized carbons (Fsp3) is 0.167. The van der Waals surface area contributed by atoms with Gasteiger partial charge in [-0.05, 0) is 30.5 Å². The molecule has 0 atom stereocenters. The predicted octanol–water partition coefficient (Wildman–Crippen LogP) is 4.93. The molecule has 3 rings (SSSR count). The molecule has 0 spiro atoms. The highest BCUT2D eigenvalue weighted by atomic mass is 32.1. The molecule has 0 aliphatic heterocycles. The van der Waals surface area contributed by atoms with E-state index in [1.807, 2.05) is 19.1 Å². The molecule has 1 aromatic heterocycles. The molecule has 3 heteroatoms. The number of thiazole rings is 1. The van der Waals surface area contributed by atoms with Crippen molar-refractivity contribution in [2.45, 2.75) is 20.3 Å². The predicted molar refractivity (Wildman–Crippen MR) is 91.5 cm³/mol. The topological polar surface area (TPSA) is 38.9 Å². The molecule has 3 aromatic rings. The summed E-state index contributed by atoms with van der Waals surface area (Å²) in [4.78, 5) is 4.74. The molecule has 0 radical (unpaired) electrons. The van der Waals surface area contributed by atoms with Gasteiger partial charge in [0.15, 0.2) is 0 Å². The van der Waals surface area contributed by atoms with Crippen LogP contribution in [-0.2, 0) is 6.42 Å². The van der Waals surface area contributed by atoms with Crippen molar-refractivity contribution in [1.82, 2.24) is 4.98 Å². The van der Waals surface area contributed by atoms with Crippen molar-refractivity contribution in [3.8, 4) is 21.8 Å². The van der Waals surface area contributed by atoms with E-state index in [4.69, 9.17) is 10.7 Å². The summed E-state index contributed by atoms with van der Waals surface area (Å²) in [5.41, 5.74) is 12.5. The van der Waals surface area contributed by atoms with Crippen LogP contribution in [0.4, 0.5) is 5.69 Å². The maximum atomic E-state index is 5.98. The van der Waals surface area contributed by atoms with Gasteiger partial charge >= 0.3 is 0 Å². The van der Waals surface area contributed by atoms with Crippen LogP contribution in [0, 0.1) is 6.92 Å². The minimum atomic E-state index is 0.816. The van der Waals surface area contributed by atoms with Crippen LogP contribution in [0.5, 0.6) is 0 Å². The number of benzene rings is 2. The fourth-order valence-electron chi connectivity index (χ4n) is 2.22. The lowest BCUT2D eigenvalue weighted by Crippen LogP contribution is -1.89. The van der Waals surface area contributed by atoms with E-state index in [0.29, 0.717) is 0 Å². The van der Waals surface area contributed by atoms with Crippen LogP contribution in [0.25, 0.3) is 21.8 Å². The average Bonchev–Trinajstić information content (AvgIpc) is 3.00. The molecule has 0 saturated carbocycles. The Morgan fingerprint density at radius 1 is 1.05 bits per heavy atom. The van der Waals surface area contributed by atoms with Crippen molar-refractivity contribution >= 4 is 17.0 Å². The summed E-state index contributed by atoms with van der Waals surface area (Å²) in [5, 5.41) is 3.11. The molecule has 106 valence electrons. The number of aromatic nitrogens is 1. The Balaban J connectivity index is 1.93. The molecule has 0 aliphatic carbocycles. The van der Waals surface area contributed by atoms with Gasteiger partial charge in [0.2, 0.25) is 0 Å². The van der Waals surface area contributed by atoms with E-state index in [2.05, 4.69) is 42.6 Å². The first-order chi connectivity index (χ1) is 10.2. The highest BCUT2D eigenvalue weighted by Crippen LogP contribution is 2.30. The lowest BCUT2D eigenvalue weighted by Gasteiger charge is -2.02. The highest BCUT2D eigenvalue weighted by molar-refractivity contribution is 7.13. The van der Waals surface area contributed by atoms with Crippen LogP contribution in [0.15, 0.2) is 47.8 Å². The Morgan fingerprint density at radius 2 is 1.76 bits per heavy atom. The Hall–Kier alpha value is -2.13. The first-order valence-corrected chi connectivity index (χ1v) is 7.96. The van der Waals surface area contributed by atoms with Crippen molar-refractivity contribution in [2.75, 3.05) is 5.73 Å². The van der Waals surface area contributed by atoms with Gasteiger partial charge < -0.3 is 5.73 Å². The average molecular weight is 294 g/mol. The summed E-state index contributed by atoms with van der Waals surface area (Å²) in [6.07, 6.45) is 1.06. The zero-order valence-electron chi connectivity index (χ0n) is 12.3. The molecule has 2 nitrogen and oxygen atoms in total. The van der Waals surface area contributed by atoms with E-state index in [-0.39, 0.29) is 0 Å². The van der Waals surface area contributed by atoms with E-state index in [0.717, 1.165) is 39.5 Å². The van der Waals surface area contributed by atoms with Crippen LogP contribution in [0.1, 0.15) is 18.1 Å². The largest absolute Gasteiger partial charge is 0.398 e. The molecule has 21 heavy (non-hydrogen) atoms. The first-order valence-electron chi connectivity index (χ1n) is 7.08. The Kier molecular flexibility index (Phi) is 3.76. The van der Waals surface area contributed by atoms with Gasteiger partial charge in [-0.25, -0.2) is 4.98 Å². The second kappa shape index (κ2) is 5.70. The van der Waals surface area contributed by atoms with Crippen molar-refractivity contribution in [2.24, 2.45) is 0 Å². The van der Waals surface area contributed by atoms with Crippen molar-refractivity contribution in [3.05, 3.63) is 59.0 Å². The molecule has 2 aromatic carbocycles. The fourth-order valence-corrected chi connectivity index (χ4v) is 3.05. The van der Waals surface area contributed by atoms with E-state index in [9.17, 15) is 0 Å². The van der Waals surface area contributed by atoms with Gasteiger partial charge in [0.25, 0.3) is 0 Å².